The van der Waals surface area contributed by atoms with Crippen LogP contribution in [0.15, 0.2) is 41.6 Å². The highest BCUT2D eigenvalue weighted by Gasteiger charge is 2.54. The molecule has 4 nitrogen and oxygen atoms in total. The van der Waals surface area contributed by atoms with E-state index in [9.17, 15) is 31.1 Å². The molecular weight excluding hydrogens is 528 g/mol. The van der Waals surface area contributed by atoms with Crippen molar-refractivity contribution in [3.05, 3.63) is 69.0 Å². The highest BCUT2D eigenvalue weighted by atomic mass is 35.5. The molecular formula is C22H15Cl2F7N2O2. The zero-order valence-electron chi connectivity index (χ0n) is 17.6. The predicted molar refractivity (Wildman–Crippen MR) is 113 cm³/mol. The van der Waals surface area contributed by atoms with E-state index in [0.717, 1.165) is 12.1 Å². The molecule has 1 amide bonds. The molecule has 2 aliphatic rings. The van der Waals surface area contributed by atoms with Gasteiger partial charge >= 0.3 is 12.1 Å². The standard InChI is InChI=1S/C22H15Cl2F7N2O2/c1-20(26,27)19(34)33-8-21(28,9-33)12-4-2-10(3-5-12)17-15(18(35-32-17)22(29,30)31)11-6-13(23)16(25)14(24)7-11/h2-7,15,18H,8-9H2,1H3. The molecule has 0 aromatic heterocycles. The number of carbonyl (C=O) groups excluding carboxylic acids is 1. The lowest BCUT2D eigenvalue weighted by Gasteiger charge is -2.45. The Bertz CT molecular complexity index is 1170. The summed E-state index contributed by atoms with van der Waals surface area (Å²) < 4.78 is 96.3. The van der Waals surface area contributed by atoms with Gasteiger partial charge in [-0.05, 0) is 23.3 Å². The summed E-state index contributed by atoms with van der Waals surface area (Å²) in [5, 5.41) is 2.59. The second kappa shape index (κ2) is 8.55. The summed E-state index contributed by atoms with van der Waals surface area (Å²) in [5.41, 5.74) is -2.19. The van der Waals surface area contributed by atoms with E-state index < -0.39 is 64.6 Å². The molecule has 2 atom stereocenters. The molecule has 0 saturated carbocycles. The molecule has 2 unspecified atom stereocenters. The minimum atomic E-state index is -4.85. The van der Waals surface area contributed by atoms with E-state index in [-0.39, 0.29) is 22.4 Å². The van der Waals surface area contributed by atoms with Crippen molar-refractivity contribution in [2.45, 2.75) is 36.7 Å². The summed E-state index contributed by atoms with van der Waals surface area (Å²) in [6.07, 6.45) is -7.26. The summed E-state index contributed by atoms with van der Waals surface area (Å²) in [7, 11) is 0. The number of halogens is 9. The number of hydrogen-bond donors (Lipinski definition) is 0. The number of oxime groups is 1. The van der Waals surface area contributed by atoms with Crippen molar-refractivity contribution in [1.82, 2.24) is 4.90 Å². The molecule has 0 spiro atoms. The van der Waals surface area contributed by atoms with E-state index >= 15 is 4.39 Å². The number of alkyl halides is 6. The normalized spacial score (nSPS) is 21.9. The van der Waals surface area contributed by atoms with Crippen molar-refractivity contribution >= 4 is 34.8 Å². The molecule has 1 saturated heterocycles. The van der Waals surface area contributed by atoms with E-state index in [1.54, 1.807) is 0 Å². The number of benzene rings is 2. The minimum Gasteiger partial charge on any atom is -0.381 e. The molecule has 2 aromatic rings. The lowest BCUT2D eigenvalue weighted by Crippen LogP contribution is -2.61. The second-order valence-corrected chi connectivity index (χ2v) is 9.23. The average Bonchev–Trinajstić information content (AvgIpc) is 3.19. The average molecular weight is 543 g/mol. The Balaban J connectivity index is 1.61. The lowest BCUT2D eigenvalue weighted by atomic mass is 9.83. The Morgan fingerprint density at radius 3 is 2.11 bits per heavy atom. The van der Waals surface area contributed by atoms with Crippen LogP contribution >= 0.6 is 23.2 Å². The number of nitrogens with zero attached hydrogens (tertiary/aromatic N) is 2. The summed E-state index contributed by atoms with van der Waals surface area (Å²) in [6, 6.07) is 7.07. The molecule has 2 aromatic carbocycles. The van der Waals surface area contributed by atoms with Gasteiger partial charge in [0.15, 0.2) is 11.5 Å². The van der Waals surface area contributed by atoms with Gasteiger partial charge in [-0.25, -0.2) is 8.78 Å². The monoisotopic (exact) mass is 542 g/mol. The number of hydrogen-bond acceptors (Lipinski definition) is 3. The molecule has 0 N–H and O–H groups in total. The van der Waals surface area contributed by atoms with Gasteiger partial charge in [-0.15, -0.1) is 0 Å². The van der Waals surface area contributed by atoms with Crippen LogP contribution in [0.3, 0.4) is 0 Å². The van der Waals surface area contributed by atoms with Crippen molar-refractivity contribution in [3.8, 4) is 0 Å². The van der Waals surface area contributed by atoms with Crippen molar-refractivity contribution in [2.24, 2.45) is 5.16 Å². The highest BCUT2D eigenvalue weighted by Crippen LogP contribution is 2.43. The maximum atomic E-state index is 15.1. The zero-order chi connectivity index (χ0) is 25.9. The Hall–Kier alpha value is -2.53. The van der Waals surface area contributed by atoms with Crippen LogP contribution in [0, 0.1) is 5.82 Å². The van der Waals surface area contributed by atoms with Gasteiger partial charge in [0.25, 0.3) is 5.91 Å². The molecule has 188 valence electrons. The Labute approximate surface area is 204 Å². The maximum Gasteiger partial charge on any atom is 0.429 e. The molecule has 4 rings (SSSR count). The summed E-state index contributed by atoms with van der Waals surface area (Å²) in [4.78, 5) is 16.9. The summed E-state index contributed by atoms with van der Waals surface area (Å²) in [6.45, 7) is -0.771. The van der Waals surface area contributed by atoms with Crippen LogP contribution in [-0.4, -0.2) is 47.8 Å². The van der Waals surface area contributed by atoms with Gasteiger partial charge in [0, 0.05) is 12.5 Å². The lowest BCUT2D eigenvalue weighted by molar-refractivity contribution is -0.216. The second-order valence-electron chi connectivity index (χ2n) is 8.41. The Morgan fingerprint density at radius 2 is 1.63 bits per heavy atom. The minimum absolute atomic E-state index is 0.0426. The van der Waals surface area contributed by atoms with E-state index in [0.29, 0.717) is 11.8 Å². The molecule has 0 radical (unpaired) electrons. The third kappa shape index (κ3) is 4.67. The fourth-order valence-corrected chi connectivity index (χ4v) is 4.55. The van der Waals surface area contributed by atoms with Crippen molar-refractivity contribution in [1.29, 1.82) is 0 Å². The largest absolute Gasteiger partial charge is 0.429 e. The zero-order valence-corrected chi connectivity index (χ0v) is 19.2. The Morgan fingerprint density at radius 1 is 1.09 bits per heavy atom. The van der Waals surface area contributed by atoms with Crippen molar-refractivity contribution in [2.75, 3.05) is 13.1 Å². The number of rotatable bonds is 4. The maximum absolute atomic E-state index is 15.1. The molecule has 1 fully saturated rings. The van der Waals surface area contributed by atoms with E-state index in [2.05, 4.69) is 9.99 Å². The first-order chi connectivity index (χ1) is 16.1. The number of carbonyl (C=O) groups is 1. The van der Waals surface area contributed by atoms with E-state index in [1.165, 1.54) is 24.3 Å². The summed E-state index contributed by atoms with van der Waals surface area (Å²) >= 11 is 11.5. The van der Waals surface area contributed by atoms with Gasteiger partial charge in [0.05, 0.1) is 34.8 Å². The first-order valence-electron chi connectivity index (χ1n) is 10.0. The molecule has 2 aliphatic heterocycles. The topological polar surface area (TPSA) is 41.9 Å². The van der Waals surface area contributed by atoms with Crippen LogP contribution in [0.2, 0.25) is 10.0 Å². The molecule has 2 heterocycles. The SMILES string of the molecule is CC(F)(F)C(=O)N1CC(F)(c2ccc(C3=NOC(C(F)(F)F)C3c3cc(Cl)c(F)c(Cl)c3)cc2)C1. The van der Waals surface area contributed by atoms with Gasteiger partial charge in [-0.3, -0.25) is 4.79 Å². The van der Waals surface area contributed by atoms with Gasteiger partial charge in [0.1, 0.15) is 0 Å². The Kier molecular flexibility index (Phi) is 6.24. The fraction of sp³-hybridized carbons (Fsp3) is 0.364. The van der Waals surface area contributed by atoms with Gasteiger partial charge in [0.2, 0.25) is 6.10 Å². The quantitative estimate of drug-likeness (QED) is 0.339. The highest BCUT2D eigenvalue weighted by molar-refractivity contribution is 6.35. The molecule has 13 heteroatoms. The predicted octanol–water partition coefficient (Wildman–Crippen LogP) is 6.24. The van der Waals surface area contributed by atoms with Crippen LogP contribution in [0.1, 0.15) is 29.5 Å². The molecule has 35 heavy (non-hydrogen) atoms. The van der Waals surface area contributed by atoms with Crippen LogP contribution < -0.4 is 0 Å². The van der Waals surface area contributed by atoms with Crippen LogP contribution in [0.4, 0.5) is 30.7 Å². The van der Waals surface area contributed by atoms with Crippen molar-refractivity contribution in [3.63, 3.8) is 0 Å². The smallest absolute Gasteiger partial charge is 0.381 e. The molecule has 0 aliphatic carbocycles. The van der Waals surface area contributed by atoms with Gasteiger partial charge in [-0.1, -0.05) is 52.6 Å². The van der Waals surface area contributed by atoms with Gasteiger partial charge in [-0.2, -0.15) is 22.0 Å². The van der Waals surface area contributed by atoms with Gasteiger partial charge < -0.3 is 9.74 Å². The molecule has 0 bridgehead atoms. The van der Waals surface area contributed by atoms with E-state index in [4.69, 9.17) is 23.2 Å². The third-order valence-electron chi connectivity index (χ3n) is 5.79. The van der Waals surface area contributed by atoms with E-state index in [1.807, 2.05) is 0 Å². The van der Waals surface area contributed by atoms with Crippen LogP contribution in [-0.2, 0) is 15.3 Å². The first-order valence-corrected chi connectivity index (χ1v) is 10.8. The summed E-state index contributed by atoms with van der Waals surface area (Å²) in [5.74, 6) is -7.69. The fourth-order valence-electron chi connectivity index (χ4n) is 4.05. The first kappa shape index (κ1) is 25.6. The van der Waals surface area contributed by atoms with Crippen LogP contribution in [0.5, 0.6) is 0 Å². The number of likely N-dealkylation sites (tertiary alicyclic amines) is 1. The third-order valence-corrected chi connectivity index (χ3v) is 6.34. The van der Waals surface area contributed by atoms with Crippen LogP contribution in [0.25, 0.3) is 0 Å². The number of amides is 1. The van der Waals surface area contributed by atoms with Crippen molar-refractivity contribution < 1.29 is 40.4 Å².